The minimum absolute atomic E-state index is 0.147. The third-order valence-electron chi connectivity index (χ3n) is 3.82. The largest absolute Gasteiger partial charge is 0.481 e. The van der Waals surface area contributed by atoms with Crippen LogP contribution in [-0.4, -0.2) is 40.2 Å². The molecule has 2 rings (SSSR count). The van der Waals surface area contributed by atoms with Crippen LogP contribution in [0.1, 0.15) is 19.0 Å². The quantitative estimate of drug-likeness (QED) is 0.739. The van der Waals surface area contributed by atoms with Crippen molar-refractivity contribution in [3.8, 4) is 11.3 Å². The van der Waals surface area contributed by atoms with Crippen LogP contribution in [0.3, 0.4) is 0 Å². The average Bonchev–Trinajstić information content (AvgIpc) is 2.86. The molecular weight excluding hydrogens is 318 g/mol. The zero-order valence-electron chi connectivity index (χ0n) is 13.0. The molecular formula is C15H19N3O4S. The van der Waals surface area contributed by atoms with Crippen molar-refractivity contribution in [3.63, 3.8) is 0 Å². The van der Waals surface area contributed by atoms with Crippen molar-refractivity contribution in [1.82, 2.24) is 15.0 Å². The molecule has 1 heterocycles. The Morgan fingerprint density at radius 2 is 1.96 bits per heavy atom. The van der Waals surface area contributed by atoms with Crippen molar-refractivity contribution in [2.24, 2.45) is 5.41 Å². The minimum Gasteiger partial charge on any atom is -0.481 e. The van der Waals surface area contributed by atoms with Crippen molar-refractivity contribution in [3.05, 3.63) is 36.0 Å². The number of hydrogen-bond acceptors (Lipinski definition) is 5. The molecule has 124 valence electrons. The van der Waals surface area contributed by atoms with E-state index in [1.54, 1.807) is 4.68 Å². The lowest BCUT2D eigenvalue weighted by Crippen LogP contribution is -2.33. The number of rotatable bonds is 7. The number of aromatic nitrogens is 3. The van der Waals surface area contributed by atoms with Gasteiger partial charge in [0.1, 0.15) is 10.7 Å². The monoisotopic (exact) mass is 337 g/mol. The second-order valence-corrected chi connectivity index (χ2v) is 6.70. The molecule has 8 heteroatoms. The first-order valence-electron chi connectivity index (χ1n) is 7.14. The molecule has 1 atom stereocenters. The normalized spacial score (nSPS) is 13.9. The summed E-state index contributed by atoms with van der Waals surface area (Å²) in [5.74, 6) is -1.53. The predicted molar refractivity (Wildman–Crippen MR) is 85.7 cm³/mol. The highest BCUT2D eigenvalue weighted by molar-refractivity contribution is 7.72. The van der Waals surface area contributed by atoms with E-state index in [1.165, 1.54) is 6.92 Å². The Hall–Kier alpha value is -2.22. The zero-order chi connectivity index (χ0) is 17.0. The average molecular weight is 337 g/mol. The minimum atomic E-state index is -2.77. The van der Waals surface area contributed by atoms with Gasteiger partial charge < -0.3 is 5.11 Å². The number of thiol groups is 1. The van der Waals surface area contributed by atoms with Crippen molar-refractivity contribution < 1.29 is 18.3 Å². The summed E-state index contributed by atoms with van der Waals surface area (Å²) in [6.07, 6.45) is 0.147. The summed E-state index contributed by atoms with van der Waals surface area (Å²) < 4.78 is 23.6. The Kier molecular flexibility index (Phi) is 5.15. The van der Waals surface area contributed by atoms with Crippen LogP contribution >= 0.6 is 0 Å². The number of carboxylic acid groups (broad SMARTS) is 1. The maximum atomic E-state index is 11.4. The second-order valence-electron chi connectivity index (χ2n) is 5.72. The van der Waals surface area contributed by atoms with Crippen LogP contribution in [0.5, 0.6) is 0 Å². The van der Waals surface area contributed by atoms with E-state index in [9.17, 15) is 18.3 Å². The van der Waals surface area contributed by atoms with Crippen LogP contribution in [0, 0.1) is 12.3 Å². The molecule has 0 aliphatic carbocycles. The van der Waals surface area contributed by atoms with Crippen LogP contribution in [0.2, 0.25) is 0 Å². The second kappa shape index (κ2) is 6.91. The standard InChI is InChI=1S/C15H19N3O4S/c1-11-13(12-6-4-3-5-7-12)18(17-16-11)9-8-15(2,14(19)20)10-23(21)22/h3-7,23H,8-10H2,1-2H3,(H,19,20)/t15-/m0/s1. The van der Waals surface area contributed by atoms with Gasteiger partial charge in [0.2, 0.25) is 0 Å². The summed E-state index contributed by atoms with van der Waals surface area (Å²) in [6.45, 7) is 3.54. The number of benzene rings is 1. The van der Waals surface area contributed by atoms with E-state index in [0.717, 1.165) is 17.0 Å². The molecule has 0 aliphatic rings. The highest BCUT2D eigenvalue weighted by atomic mass is 32.2. The lowest BCUT2D eigenvalue weighted by Gasteiger charge is -2.22. The van der Waals surface area contributed by atoms with Gasteiger partial charge in [-0.3, -0.25) is 4.79 Å². The first-order chi connectivity index (χ1) is 10.8. The Morgan fingerprint density at radius 3 is 2.52 bits per heavy atom. The molecule has 7 nitrogen and oxygen atoms in total. The van der Waals surface area contributed by atoms with Gasteiger partial charge in [-0.25, -0.2) is 13.1 Å². The summed E-state index contributed by atoms with van der Waals surface area (Å²) in [6, 6.07) is 9.55. The van der Waals surface area contributed by atoms with E-state index in [-0.39, 0.29) is 13.0 Å². The number of aliphatic carboxylic acids is 1. The summed E-state index contributed by atoms with van der Waals surface area (Å²) in [5, 5.41) is 17.4. The number of carbonyl (C=O) groups is 1. The van der Waals surface area contributed by atoms with Crippen LogP contribution < -0.4 is 0 Å². The fourth-order valence-corrected chi connectivity index (χ4v) is 3.26. The molecule has 0 spiro atoms. The molecule has 1 N–H and O–H groups in total. The summed E-state index contributed by atoms with van der Waals surface area (Å²) in [4.78, 5) is 11.4. The van der Waals surface area contributed by atoms with Crippen LogP contribution in [0.25, 0.3) is 11.3 Å². The van der Waals surface area contributed by atoms with Crippen molar-refractivity contribution >= 4 is 16.7 Å². The molecule has 1 aromatic carbocycles. The van der Waals surface area contributed by atoms with Gasteiger partial charge >= 0.3 is 5.97 Å². The highest BCUT2D eigenvalue weighted by Crippen LogP contribution is 2.26. The van der Waals surface area contributed by atoms with E-state index in [4.69, 9.17) is 0 Å². The third kappa shape index (κ3) is 3.95. The highest BCUT2D eigenvalue weighted by Gasteiger charge is 2.34. The molecule has 0 saturated heterocycles. The molecule has 23 heavy (non-hydrogen) atoms. The van der Waals surface area contributed by atoms with Gasteiger partial charge in [-0.05, 0) is 20.3 Å². The molecule has 0 fully saturated rings. The van der Waals surface area contributed by atoms with Gasteiger partial charge in [-0.1, -0.05) is 35.5 Å². The lowest BCUT2D eigenvalue weighted by atomic mass is 9.89. The Morgan fingerprint density at radius 1 is 1.30 bits per heavy atom. The fourth-order valence-electron chi connectivity index (χ4n) is 2.40. The van der Waals surface area contributed by atoms with E-state index in [2.05, 4.69) is 10.3 Å². The molecule has 0 unspecified atom stereocenters. The van der Waals surface area contributed by atoms with Gasteiger partial charge in [0.05, 0.1) is 22.6 Å². The summed E-state index contributed by atoms with van der Waals surface area (Å²) in [5.41, 5.74) is 1.14. The summed E-state index contributed by atoms with van der Waals surface area (Å²) >= 11 is 0. The van der Waals surface area contributed by atoms with E-state index >= 15 is 0 Å². The maximum Gasteiger partial charge on any atom is 0.310 e. The molecule has 0 radical (unpaired) electrons. The topological polar surface area (TPSA) is 102 Å². The summed E-state index contributed by atoms with van der Waals surface area (Å²) in [7, 11) is -2.77. The molecule has 2 aromatic rings. The molecule has 0 bridgehead atoms. The molecule has 0 aliphatic heterocycles. The third-order valence-corrected chi connectivity index (χ3v) is 4.78. The van der Waals surface area contributed by atoms with Gasteiger partial charge in [-0.2, -0.15) is 0 Å². The Balaban J connectivity index is 2.26. The first-order valence-corrected chi connectivity index (χ1v) is 8.50. The van der Waals surface area contributed by atoms with Gasteiger partial charge in [0.25, 0.3) is 0 Å². The van der Waals surface area contributed by atoms with Gasteiger partial charge in [0, 0.05) is 12.1 Å². The van der Waals surface area contributed by atoms with Gasteiger partial charge in [-0.15, -0.1) is 5.10 Å². The number of aryl methyl sites for hydroxylation is 2. The van der Waals surface area contributed by atoms with Crippen molar-refractivity contribution in [2.45, 2.75) is 26.8 Å². The van der Waals surface area contributed by atoms with E-state index in [0.29, 0.717) is 0 Å². The fraction of sp³-hybridized carbons (Fsp3) is 0.400. The molecule has 0 amide bonds. The predicted octanol–water partition coefficient (Wildman–Crippen LogP) is 1.35. The van der Waals surface area contributed by atoms with Crippen molar-refractivity contribution in [1.29, 1.82) is 0 Å². The van der Waals surface area contributed by atoms with E-state index in [1.807, 2.05) is 37.3 Å². The van der Waals surface area contributed by atoms with Crippen LogP contribution in [0.4, 0.5) is 0 Å². The number of carboxylic acids is 1. The maximum absolute atomic E-state index is 11.4. The van der Waals surface area contributed by atoms with Crippen LogP contribution in [-0.2, 0) is 22.0 Å². The number of hydrogen-bond donors (Lipinski definition) is 2. The zero-order valence-corrected chi connectivity index (χ0v) is 13.9. The SMILES string of the molecule is Cc1nnn(CC[C@@](C)(C[SH](=O)=O)C(=O)O)c1-c1ccccc1. The molecule has 1 aromatic heterocycles. The first kappa shape index (κ1) is 17.1. The van der Waals surface area contributed by atoms with Crippen molar-refractivity contribution in [2.75, 3.05) is 5.75 Å². The Labute approximate surface area is 135 Å². The Bertz CT molecular complexity index is 762. The molecule has 0 saturated carbocycles. The van der Waals surface area contributed by atoms with Crippen LogP contribution in [0.15, 0.2) is 30.3 Å². The van der Waals surface area contributed by atoms with Gasteiger partial charge in [0.15, 0.2) is 0 Å². The number of nitrogens with zero attached hydrogens (tertiary/aromatic N) is 3. The lowest BCUT2D eigenvalue weighted by molar-refractivity contribution is -0.147. The van der Waals surface area contributed by atoms with E-state index < -0.39 is 27.8 Å². The smallest absolute Gasteiger partial charge is 0.310 e.